The van der Waals surface area contributed by atoms with E-state index >= 15 is 0 Å². The van der Waals surface area contributed by atoms with Crippen LogP contribution in [0, 0.1) is 0 Å². The van der Waals surface area contributed by atoms with E-state index in [1.807, 2.05) is 48.5 Å². The highest BCUT2D eigenvalue weighted by atomic mass is 16.5. The van der Waals surface area contributed by atoms with Gasteiger partial charge >= 0.3 is 0 Å². The van der Waals surface area contributed by atoms with E-state index in [1.54, 1.807) is 0 Å². The Hall–Kier alpha value is -4.00. The van der Waals surface area contributed by atoms with Gasteiger partial charge in [0.15, 0.2) is 0 Å². The number of unbranched alkanes of at least 4 members (excludes halogenated alkanes) is 7. The van der Waals surface area contributed by atoms with Crippen LogP contribution in [0.5, 0.6) is 23.0 Å². The molecule has 0 fully saturated rings. The van der Waals surface area contributed by atoms with Gasteiger partial charge in [0.1, 0.15) is 23.0 Å². The first-order valence-corrected chi connectivity index (χ1v) is 18.2. The second kappa shape index (κ2) is 21.1. The summed E-state index contributed by atoms with van der Waals surface area (Å²) >= 11 is 0. The molecule has 6 heteroatoms. The second-order valence-corrected chi connectivity index (χ2v) is 13.0. The SMILES string of the molecule is CCCCCCN(CCCCN(CCCCCC)Cc1ccc(Oc2ccc(N)cc2)cc1)Cc1ccc(Oc2ccc(N)cc2)cc1. The molecule has 0 aliphatic heterocycles. The highest BCUT2D eigenvalue weighted by Crippen LogP contribution is 2.25. The normalized spacial score (nSPS) is 11.3. The van der Waals surface area contributed by atoms with Crippen LogP contribution in [0.4, 0.5) is 11.4 Å². The van der Waals surface area contributed by atoms with Crippen LogP contribution in [0.3, 0.4) is 0 Å². The summed E-state index contributed by atoms with van der Waals surface area (Å²) < 4.78 is 12.0. The minimum atomic E-state index is 0.739. The smallest absolute Gasteiger partial charge is 0.127 e. The summed E-state index contributed by atoms with van der Waals surface area (Å²) in [7, 11) is 0. The van der Waals surface area contributed by atoms with Crippen molar-refractivity contribution >= 4 is 11.4 Å². The topological polar surface area (TPSA) is 77.0 Å². The Kier molecular flexibility index (Phi) is 16.2. The minimum Gasteiger partial charge on any atom is -0.457 e. The van der Waals surface area contributed by atoms with Crippen molar-refractivity contribution in [1.82, 2.24) is 9.80 Å². The van der Waals surface area contributed by atoms with Crippen molar-refractivity contribution in [2.45, 2.75) is 91.1 Å². The molecule has 4 aromatic rings. The fourth-order valence-corrected chi connectivity index (χ4v) is 5.92. The van der Waals surface area contributed by atoms with E-state index in [0.29, 0.717) is 0 Å². The van der Waals surface area contributed by atoms with E-state index in [2.05, 4.69) is 72.2 Å². The van der Waals surface area contributed by atoms with Gasteiger partial charge in [0, 0.05) is 24.5 Å². The highest BCUT2D eigenvalue weighted by Gasteiger charge is 2.10. The predicted octanol–water partition coefficient (Wildman–Crippen LogP) is 10.7. The molecule has 6 nitrogen and oxygen atoms in total. The first kappa shape index (κ1) is 36.8. The molecule has 0 aromatic heterocycles. The molecule has 4 N–H and O–H groups in total. The first-order chi connectivity index (χ1) is 23.5. The van der Waals surface area contributed by atoms with E-state index < -0.39 is 0 Å². The minimum absolute atomic E-state index is 0.739. The largest absolute Gasteiger partial charge is 0.457 e. The predicted molar refractivity (Wildman–Crippen MR) is 203 cm³/mol. The van der Waals surface area contributed by atoms with Gasteiger partial charge < -0.3 is 20.9 Å². The molecule has 4 rings (SSSR count). The number of nitrogen functional groups attached to an aromatic ring is 2. The maximum absolute atomic E-state index is 6.02. The average Bonchev–Trinajstić information content (AvgIpc) is 3.10. The van der Waals surface area contributed by atoms with Crippen molar-refractivity contribution in [2.75, 3.05) is 37.6 Å². The maximum atomic E-state index is 6.02. The fraction of sp³-hybridized carbons (Fsp3) is 0.429. The Balaban J connectivity index is 1.28. The fourth-order valence-electron chi connectivity index (χ4n) is 5.92. The third kappa shape index (κ3) is 14.0. The quantitative estimate of drug-likeness (QED) is 0.0614. The third-order valence-electron chi connectivity index (χ3n) is 8.75. The summed E-state index contributed by atoms with van der Waals surface area (Å²) in [6, 6.07) is 32.2. The number of nitrogens with two attached hydrogens (primary N) is 2. The van der Waals surface area contributed by atoms with Gasteiger partial charge in [-0.15, -0.1) is 0 Å². The average molecular weight is 651 g/mol. The summed E-state index contributed by atoms with van der Waals surface area (Å²) in [5.74, 6) is 3.30. The van der Waals surface area contributed by atoms with E-state index in [1.165, 1.54) is 75.3 Å². The van der Waals surface area contributed by atoms with Crippen molar-refractivity contribution in [2.24, 2.45) is 0 Å². The molecule has 0 bridgehead atoms. The molecule has 0 saturated heterocycles. The van der Waals surface area contributed by atoms with Gasteiger partial charge in [-0.25, -0.2) is 0 Å². The van der Waals surface area contributed by atoms with Crippen LogP contribution in [0.1, 0.15) is 89.2 Å². The van der Waals surface area contributed by atoms with E-state index in [-0.39, 0.29) is 0 Å². The first-order valence-electron chi connectivity index (χ1n) is 18.2. The summed E-state index contributed by atoms with van der Waals surface area (Å²) in [6.07, 6.45) is 12.7. The molecule has 0 atom stereocenters. The lowest BCUT2D eigenvalue weighted by Crippen LogP contribution is -2.28. The van der Waals surface area contributed by atoms with Crippen LogP contribution in [0.15, 0.2) is 97.1 Å². The Morgan fingerprint density at radius 3 is 1.00 bits per heavy atom. The van der Waals surface area contributed by atoms with Crippen molar-refractivity contribution in [3.8, 4) is 23.0 Å². The highest BCUT2D eigenvalue weighted by molar-refractivity contribution is 5.44. The van der Waals surface area contributed by atoms with Crippen LogP contribution in [0.25, 0.3) is 0 Å². The number of hydrogen-bond donors (Lipinski definition) is 2. The van der Waals surface area contributed by atoms with Gasteiger partial charge in [0.05, 0.1) is 0 Å². The molecule has 4 aromatic carbocycles. The molecular formula is C42H58N4O2. The molecule has 0 aliphatic rings. The van der Waals surface area contributed by atoms with Gasteiger partial charge in [0.25, 0.3) is 0 Å². The van der Waals surface area contributed by atoms with Gasteiger partial charge in [0.2, 0.25) is 0 Å². The lowest BCUT2D eigenvalue weighted by Gasteiger charge is -2.25. The zero-order chi connectivity index (χ0) is 33.8. The molecule has 0 aliphatic carbocycles. The molecule has 0 radical (unpaired) electrons. The number of rotatable bonds is 23. The molecule has 0 unspecified atom stereocenters. The van der Waals surface area contributed by atoms with Crippen LogP contribution in [-0.2, 0) is 13.1 Å². The summed E-state index contributed by atoms with van der Waals surface area (Å²) in [4.78, 5) is 5.30. The number of ether oxygens (including phenoxy) is 2. The number of benzene rings is 4. The van der Waals surface area contributed by atoms with Crippen molar-refractivity contribution in [3.05, 3.63) is 108 Å². The Bertz CT molecular complexity index is 1300. The van der Waals surface area contributed by atoms with Crippen molar-refractivity contribution < 1.29 is 9.47 Å². The Labute approximate surface area is 290 Å². The maximum Gasteiger partial charge on any atom is 0.127 e. The monoisotopic (exact) mass is 650 g/mol. The molecule has 0 amide bonds. The zero-order valence-corrected chi connectivity index (χ0v) is 29.4. The van der Waals surface area contributed by atoms with Crippen LogP contribution < -0.4 is 20.9 Å². The number of nitrogens with zero attached hydrogens (tertiary/aromatic N) is 2. The molecule has 0 spiro atoms. The standard InChI is InChI=1S/C42H58N4O2/c1-3-5-7-9-29-45(33-35-13-21-39(22-14-35)47-41-25-17-37(43)18-26-41)31-11-12-32-46(30-10-8-6-4-2)34-36-15-23-40(24-16-36)48-42-27-19-38(44)20-28-42/h13-28H,3-12,29-34,43-44H2,1-2H3. The lowest BCUT2D eigenvalue weighted by molar-refractivity contribution is 0.226. The third-order valence-corrected chi connectivity index (χ3v) is 8.75. The second-order valence-electron chi connectivity index (χ2n) is 13.0. The van der Waals surface area contributed by atoms with Crippen molar-refractivity contribution in [1.29, 1.82) is 0 Å². The molecule has 0 saturated carbocycles. The van der Waals surface area contributed by atoms with E-state index in [9.17, 15) is 0 Å². The van der Waals surface area contributed by atoms with E-state index in [0.717, 1.165) is 73.6 Å². The summed E-state index contributed by atoms with van der Waals surface area (Å²) in [5, 5.41) is 0. The molecular weight excluding hydrogens is 592 g/mol. The molecule has 0 heterocycles. The van der Waals surface area contributed by atoms with Gasteiger partial charge in [-0.2, -0.15) is 0 Å². The molecule has 258 valence electrons. The Morgan fingerprint density at radius 2 is 0.688 bits per heavy atom. The summed E-state index contributed by atoms with van der Waals surface area (Å²) in [5.41, 5.74) is 15.8. The van der Waals surface area contributed by atoms with Gasteiger partial charge in [-0.3, -0.25) is 9.80 Å². The van der Waals surface area contributed by atoms with Crippen molar-refractivity contribution in [3.63, 3.8) is 0 Å². The zero-order valence-electron chi connectivity index (χ0n) is 29.4. The Morgan fingerprint density at radius 1 is 0.396 bits per heavy atom. The lowest BCUT2D eigenvalue weighted by atomic mass is 10.1. The van der Waals surface area contributed by atoms with Crippen LogP contribution >= 0.6 is 0 Å². The number of hydrogen-bond acceptors (Lipinski definition) is 6. The van der Waals surface area contributed by atoms with Crippen LogP contribution in [0.2, 0.25) is 0 Å². The van der Waals surface area contributed by atoms with Gasteiger partial charge in [-0.05, 0) is 136 Å². The summed E-state index contributed by atoms with van der Waals surface area (Å²) in [6.45, 7) is 11.0. The van der Waals surface area contributed by atoms with Gasteiger partial charge in [-0.1, -0.05) is 76.6 Å². The molecule has 48 heavy (non-hydrogen) atoms. The van der Waals surface area contributed by atoms with E-state index in [4.69, 9.17) is 20.9 Å². The van der Waals surface area contributed by atoms with Crippen LogP contribution in [-0.4, -0.2) is 36.0 Å². The number of anilines is 2.